The van der Waals surface area contributed by atoms with Crippen molar-refractivity contribution in [2.24, 2.45) is 0 Å². The van der Waals surface area contributed by atoms with Crippen LogP contribution in [-0.2, 0) is 0 Å². The van der Waals surface area contributed by atoms with E-state index in [2.05, 4.69) is 32.0 Å². The highest BCUT2D eigenvalue weighted by Gasteiger charge is 2.15. The third kappa shape index (κ3) is 2.87. The standard InChI is InChI=1S/C20H21NO2/c1-13(2)18-12-16(14-8-6-5-7-9-14)17-10-15(22-3)11-19(23-4)20(17)21-18/h5-13H,1-4H3. The quantitative estimate of drug-likeness (QED) is 0.676. The van der Waals surface area contributed by atoms with E-state index in [1.807, 2.05) is 30.3 Å². The average Bonchev–Trinajstić information content (AvgIpc) is 2.60. The lowest BCUT2D eigenvalue weighted by Crippen LogP contribution is -1.98. The molecule has 0 aliphatic heterocycles. The first-order valence-electron chi connectivity index (χ1n) is 7.76. The Bertz CT molecular complexity index is 826. The molecular formula is C20H21NO2. The molecule has 0 N–H and O–H groups in total. The van der Waals surface area contributed by atoms with Crippen LogP contribution in [0.25, 0.3) is 22.0 Å². The molecule has 118 valence electrons. The molecule has 0 saturated carbocycles. The van der Waals surface area contributed by atoms with Crippen molar-refractivity contribution in [1.82, 2.24) is 4.98 Å². The van der Waals surface area contributed by atoms with Gasteiger partial charge in [0, 0.05) is 17.1 Å². The summed E-state index contributed by atoms with van der Waals surface area (Å²) in [5.74, 6) is 1.85. The van der Waals surface area contributed by atoms with Crippen molar-refractivity contribution in [3.05, 3.63) is 54.2 Å². The predicted octanol–water partition coefficient (Wildman–Crippen LogP) is 5.04. The second-order valence-corrected chi connectivity index (χ2v) is 5.84. The van der Waals surface area contributed by atoms with Gasteiger partial charge in [0.1, 0.15) is 17.0 Å². The minimum atomic E-state index is 0.341. The minimum absolute atomic E-state index is 0.341. The Balaban J connectivity index is 2.40. The van der Waals surface area contributed by atoms with Crippen LogP contribution in [0.1, 0.15) is 25.5 Å². The van der Waals surface area contributed by atoms with E-state index in [0.29, 0.717) is 5.92 Å². The number of benzene rings is 2. The molecule has 0 aliphatic rings. The topological polar surface area (TPSA) is 31.4 Å². The summed E-state index contributed by atoms with van der Waals surface area (Å²) in [6.45, 7) is 4.30. The van der Waals surface area contributed by atoms with Gasteiger partial charge in [-0.15, -0.1) is 0 Å². The van der Waals surface area contributed by atoms with Gasteiger partial charge in [-0.05, 0) is 29.2 Å². The number of nitrogens with zero attached hydrogens (tertiary/aromatic N) is 1. The summed E-state index contributed by atoms with van der Waals surface area (Å²) < 4.78 is 11.0. The van der Waals surface area contributed by atoms with Gasteiger partial charge in [0.15, 0.2) is 0 Å². The second kappa shape index (κ2) is 6.29. The monoisotopic (exact) mass is 307 g/mol. The molecule has 0 spiro atoms. The van der Waals surface area contributed by atoms with Gasteiger partial charge in [-0.2, -0.15) is 0 Å². The van der Waals surface area contributed by atoms with Gasteiger partial charge in [0.2, 0.25) is 0 Å². The van der Waals surface area contributed by atoms with E-state index in [1.54, 1.807) is 14.2 Å². The fourth-order valence-corrected chi connectivity index (χ4v) is 2.72. The number of methoxy groups -OCH3 is 2. The maximum atomic E-state index is 5.55. The number of pyridine rings is 1. The number of fused-ring (bicyclic) bond motifs is 1. The lowest BCUT2D eigenvalue weighted by Gasteiger charge is -2.15. The fourth-order valence-electron chi connectivity index (χ4n) is 2.72. The van der Waals surface area contributed by atoms with Crippen LogP contribution in [0.5, 0.6) is 11.5 Å². The number of aromatic nitrogens is 1. The van der Waals surface area contributed by atoms with Gasteiger partial charge in [-0.3, -0.25) is 0 Å². The van der Waals surface area contributed by atoms with E-state index in [4.69, 9.17) is 14.5 Å². The predicted molar refractivity (Wildman–Crippen MR) is 94.4 cm³/mol. The number of rotatable bonds is 4. The van der Waals surface area contributed by atoms with E-state index in [0.717, 1.165) is 39.2 Å². The van der Waals surface area contributed by atoms with E-state index in [1.165, 1.54) is 0 Å². The van der Waals surface area contributed by atoms with Gasteiger partial charge in [0.25, 0.3) is 0 Å². The summed E-state index contributed by atoms with van der Waals surface area (Å²) in [6, 6.07) is 16.4. The summed E-state index contributed by atoms with van der Waals surface area (Å²) in [6.07, 6.45) is 0. The molecule has 0 bridgehead atoms. The number of ether oxygens (including phenoxy) is 2. The molecular weight excluding hydrogens is 286 g/mol. The zero-order valence-corrected chi connectivity index (χ0v) is 14.0. The molecule has 3 rings (SSSR count). The summed E-state index contributed by atoms with van der Waals surface area (Å²) in [4.78, 5) is 4.83. The smallest absolute Gasteiger partial charge is 0.148 e. The summed E-state index contributed by atoms with van der Waals surface area (Å²) in [7, 11) is 3.33. The average molecular weight is 307 g/mol. The molecule has 0 unspecified atom stereocenters. The first kappa shape index (κ1) is 15.3. The van der Waals surface area contributed by atoms with Crippen molar-refractivity contribution in [3.8, 4) is 22.6 Å². The third-order valence-electron chi connectivity index (χ3n) is 4.00. The van der Waals surface area contributed by atoms with Crippen LogP contribution >= 0.6 is 0 Å². The molecule has 23 heavy (non-hydrogen) atoms. The number of hydrogen-bond donors (Lipinski definition) is 0. The maximum Gasteiger partial charge on any atom is 0.148 e. The number of hydrogen-bond acceptors (Lipinski definition) is 3. The fraction of sp³-hybridized carbons (Fsp3) is 0.250. The van der Waals surface area contributed by atoms with E-state index in [9.17, 15) is 0 Å². The summed E-state index contributed by atoms with van der Waals surface area (Å²) >= 11 is 0. The van der Waals surface area contributed by atoms with Crippen LogP contribution in [-0.4, -0.2) is 19.2 Å². The Hall–Kier alpha value is -2.55. The van der Waals surface area contributed by atoms with E-state index >= 15 is 0 Å². The Kier molecular flexibility index (Phi) is 4.20. The third-order valence-corrected chi connectivity index (χ3v) is 4.00. The first-order valence-corrected chi connectivity index (χ1v) is 7.76. The Morgan fingerprint density at radius 3 is 2.26 bits per heavy atom. The first-order chi connectivity index (χ1) is 11.1. The van der Waals surface area contributed by atoms with Gasteiger partial charge in [-0.1, -0.05) is 44.2 Å². The SMILES string of the molecule is COc1cc(OC)c2nc(C(C)C)cc(-c3ccccc3)c2c1. The van der Waals surface area contributed by atoms with Gasteiger partial charge < -0.3 is 9.47 Å². The van der Waals surface area contributed by atoms with Crippen LogP contribution in [0.4, 0.5) is 0 Å². The molecule has 0 fully saturated rings. The van der Waals surface area contributed by atoms with Crippen molar-refractivity contribution in [2.45, 2.75) is 19.8 Å². The van der Waals surface area contributed by atoms with E-state index in [-0.39, 0.29) is 0 Å². The van der Waals surface area contributed by atoms with Crippen molar-refractivity contribution >= 4 is 10.9 Å². The van der Waals surface area contributed by atoms with Crippen LogP contribution in [0, 0.1) is 0 Å². The van der Waals surface area contributed by atoms with Crippen molar-refractivity contribution < 1.29 is 9.47 Å². The van der Waals surface area contributed by atoms with Crippen molar-refractivity contribution in [1.29, 1.82) is 0 Å². The molecule has 0 radical (unpaired) electrons. The molecule has 0 aliphatic carbocycles. The van der Waals surface area contributed by atoms with E-state index < -0.39 is 0 Å². The Labute approximate surface area is 136 Å². The van der Waals surface area contributed by atoms with Gasteiger partial charge >= 0.3 is 0 Å². The van der Waals surface area contributed by atoms with Crippen LogP contribution in [0.2, 0.25) is 0 Å². The Morgan fingerprint density at radius 2 is 1.65 bits per heavy atom. The molecule has 3 aromatic rings. The van der Waals surface area contributed by atoms with Gasteiger partial charge in [0.05, 0.1) is 14.2 Å². The highest BCUT2D eigenvalue weighted by atomic mass is 16.5. The molecule has 0 atom stereocenters. The lowest BCUT2D eigenvalue weighted by atomic mass is 9.97. The van der Waals surface area contributed by atoms with Crippen LogP contribution in [0.3, 0.4) is 0 Å². The zero-order valence-electron chi connectivity index (χ0n) is 14.0. The van der Waals surface area contributed by atoms with Crippen LogP contribution in [0.15, 0.2) is 48.5 Å². The van der Waals surface area contributed by atoms with Gasteiger partial charge in [-0.25, -0.2) is 4.98 Å². The highest BCUT2D eigenvalue weighted by molar-refractivity contribution is 5.98. The van der Waals surface area contributed by atoms with Crippen molar-refractivity contribution in [3.63, 3.8) is 0 Å². The molecule has 1 heterocycles. The maximum absolute atomic E-state index is 5.55. The van der Waals surface area contributed by atoms with Crippen molar-refractivity contribution in [2.75, 3.05) is 14.2 Å². The second-order valence-electron chi connectivity index (χ2n) is 5.84. The highest BCUT2D eigenvalue weighted by Crippen LogP contribution is 2.37. The molecule has 0 saturated heterocycles. The largest absolute Gasteiger partial charge is 0.497 e. The lowest BCUT2D eigenvalue weighted by molar-refractivity contribution is 0.397. The molecule has 1 aromatic heterocycles. The zero-order chi connectivity index (χ0) is 16.4. The Morgan fingerprint density at radius 1 is 0.913 bits per heavy atom. The molecule has 3 heteroatoms. The molecule has 0 amide bonds. The normalized spacial score (nSPS) is 11.0. The molecule has 3 nitrogen and oxygen atoms in total. The molecule has 2 aromatic carbocycles. The minimum Gasteiger partial charge on any atom is -0.497 e. The summed E-state index contributed by atoms with van der Waals surface area (Å²) in [5.41, 5.74) is 4.24. The summed E-state index contributed by atoms with van der Waals surface area (Å²) in [5, 5.41) is 1.04. The van der Waals surface area contributed by atoms with Crippen LogP contribution < -0.4 is 9.47 Å².